The fourth-order valence-corrected chi connectivity index (χ4v) is 1.27. The first-order valence-electron chi connectivity index (χ1n) is 2.61. The number of halogens is 2. The molecule has 0 saturated carbocycles. The molecule has 0 unspecified atom stereocenters. The monoisotopic (exact) mass is 156 g/mol. The van der Waals surface area contributed by atoms with Crippen molar-refractivity contribution < 1.29 is 4.39 Å². The molecule has 8 heavy (non-hydrogen) atoms. The molecule has 0 spiro atoms. The van der Waals surface area contributed by atoms with Crippen LogP contribution in [0.4, 0.5) is 4.39 Å². The first-order chi connectivity index (χ1) is 3.91. The van der Waals surface area contributed by atoms with E-state index in [9.17, 15) is 4.39 Å². The third-order valence-electron chi connectivity index (χ3n) is 0.644. The van der Waals surface area contributed by atoms with Crippen LogP contribution in [0.5, 0.6) is 0 Å². The highest BCUT2D eigenvalue weighted by Gasteiger charge is 1.85. The Morgan fingerprint density at radius 2 is 2.12 bits per heavy atom. The maximum Gasteiger partial charge on any atom is 0.0902 e. The van der Waals surface area contributed by atoms with Crippen LogP contribution in [0.3, 0.4) is 0 Å². The summed E-state index contributed by atoms with van der Waals surface area (Å²) in [5.74, 6) is 2.53. The Morgan fingerprint density at radius 3 is 2.62 bits per heavy atom. The second-order valence-electron chi connectivity index (χ2n) is 1.34. The molecular formula is C5H10ClFS. The van der Waals surface area contributed by atoms with Crippen molar-refractivity contribution in [1.29, 1.82) is 0 Å². The van der Waals surface area contributed by atoms with Crippen LogP contribution in [0.25, 0.3) is 0 Å². The Labute approximate surface area is 58.8 Å². The van der Waals surface area contributed by atoms with Crippen molar-refractivity contribution in [3.63, 3.8) is 0 Å². The summed E-state index contributed by atoms with van der Waals surface area (Å²) in [5.41, 5.74) is 0. The largest absolute Gasteiger partial charge is 0.251 e. The number of hydrogen-bond donors (Lipinski definition) is 0. The maximum atomic E-state index is 11.4. The first-order valence-corrected chi connectivity index (χ1v) is 4.30. The lowest BCUT2D eigenvalue weighted by Gasteiger charge is -1.92. The lowest BCUT2D eigenvalue weighted by atomic mass is 10.6. The van der Waals surface area contributed by atoms with E-state index in [4.69, 9.17) is 11.6 Å². The molecule has 0 rings (SSSR count). The third kappa shape index (κ3) is 6.57. The van der Waals surface area contributed by atoms with Gasteiger partial charge in [-0.15, -0.1) is 11.6 Å². The molecule has 0 amide bonds. The molecule has 0 atom stereocenters. The molecule has 0 saturated heterocycles. The van der Waals surface area contributed by atoms with Crippen molar-refractivity contribution in [3.05, 3.63) is 0 Å². The number of alkyl halides is 2. The lowest BCUT2D eigenvalue weighted by molar-refractivity contribution is 0.489. The number of hydrogen-bond acceptors (Lipinski definition) is 1. The summed E-state index contributed by atoms with van der Waals surface area (Å²) in [6, 6.07) is 0. The molecule has 0 aromatic rings. The van der Waals surface area contributed by atoms with Crippen LogP contribution in [0.1, 0.15) is 6.42 Å². The van der Waals surface area contributed by atoms with Crippen LogP contribution in [-0.2, 0) is 0 Å². The molecule has 0 aromatic carbocycles. The van der Waals surface area contributed by atoms with Gasteiger partial charge in [0.2, 0.25) is 0 Å². The van der Waals surface area contributed by atoms with Gasteiger partial charge in [-0.1, -0.05) is 0 Å². The van der Waals surface area contributed by atoms with Crippen LogP contribution in [0.15, 0.2) is 0 Å². The predicted molar refractivity (Wildman–Crippen MR) is 38.6 cm³/mol. The van der Waals surface area contributed by atoms with E-state index in [1.807, 2.05) is 0 Å². The van der Waals surface area contributed by atoms with E-state index in [2.05, 4.69) is 0 Å². The van der Waals surface area contributed by atoms with Gasteiger partial charge in [-0.2, -0.15) is 11.8 Å². The summed E-state index contributed by atoms with van der Waals surface area (Å²) in [7, 11) is 0. The van der Waals surface area contributed by atoms with Crippen LogP contribution in [0, 0.1) is 0 Å². The minimum atomic E-state index is -0.199. The average molecular weight is 157 g/mol. The average Bonchev–Trinajstić information content (AvgIpc) is 1.81. The molecule has 3 heteroatoms. The summed E-state index contributed by atoms with van der Waals surface area (Å²) >= 11 is 7.07. The van der Waals surface area contributed by atoms with Crippen molar-refractivity contribution in [2.45, 2.75) is 6.42 Å². The molecular weight excluding hydrogens is 147 g/mol. The normalized spacial score (nSPS) is 9.75. The molecule has 0 N–H and O–H groups in total. The van der Waals surface area contributed by atoms with Crippen molar-refractivity contribution in [2.75, 3.05) is 24.1 Å². The molecule has 0 fully saturated rings. The standard InChI is InChI=1S/C5H10ClFS/c6-2-5-8-4-1-3-7/h1-5H2. The molecule has 0 nitrogen and oxygen atoms in total. The lowest BCUT2D eigenvalue weighted by Crippen LogP contribution is -1.84. The topological polar surface area (TPSA) is 0 Å². The van der Waals surface area contributed by atoms with Gasteiger partial charge in [-0.3, -0.25) is 4.39 Å². The van der Waals surface area contributed by atoms with E-state index >= 15 is 0 Å². The van der Waals surface area contributed by atoms with Crippen LogP contribution in [0.2, 0.25) is 0 Å². The van der Waals surface area contributed by atoms with E-state index in [0.29, 0.717) is 12.3 Å². The minimum absolute atomic E-state index is 0.199. The highest BCUT2D eigenvalue weighted by molar-refractivity contribution is 7.99. The van der Waals surface area contributed by atoms with E-state index in [-0.39, 0.29) is 6.67 Å². The van der Waals surface area contributed by atoms with Gasteiger partial charge in [0.05, 0.1) is 6.67 Å². The first kappa shape index (κ1) is 8.57. The molecule has 0 heterocycles. The van der Waals surface area contributed by atoms with Gasteiger partial charge in [0.25, 0.3) is 0 Å². The zero-order chi connectivity index (χ0) is 6.24. The predicted octanol–water partition coefficient (Wildman–Crippen LogP) is 2.32. The van der Waals surface area contributed by atoms with Gasteiger partial charge in [0.15, 0.2) is 0 Å². The minimum Gasteiger partial charge on any atom is -0.251 e. The summed E-state index contributed by atoms with van der Waals surface area (Å²) in [4.78, 5) is 0. The van der Waals surface area contributed by atoms with E-state index in [1.165, 1.54) is 0 Å². The molecule has 0 radical (unpaired) electrons. The smallest absolute Gasteiger partial charge is 0.0902 e. The Bertz CT molecular complexity index is 37.4. The van der Waals surface area contributed by atoms with Gasteiger partial charge in [-0.25, -0.2) is 0 Å². The second kappa shape index (κ2) is 7.57. The zero-order valence-electron chi connectivity index (χ0n) is 4.70. The third-order valence-corrected chi connectivity index (χ3v) is 2.13. The highest BCUT2D eigenvalue weighted by Crippen LogP contribution is 2.02. The quantitative estimate of drug-likeness (QED) is 0.435. The van der Waals surface area contributed by atoms with Crippen molar-refractivity contribution in [1.82, 2.24) is 0 Å². The molecule has 0 aliphatic carbocycles. The van der Waals surface area contributed by atoms with Crippen LogP contribution >= 0.6 is 23.4 Å². The Balaban J connectivity index is 2.53. The van der Waals surface area contributed by atoms with Gasteiger partial charge in [-0.05, 0) is 12.2 Å². The van der Waals surface area contributed by atoms with Gasteiger partial charge >= 0.3 is 0 Å². The highest BCUT2D eigenvalue weighted by atomic mass is 35.5. The van der Waals surface area contributed by atoms with Crippen molar-refractivity contribution in [2.24, 2.45) is 0 Å². The second-order valence-corrected chi connectivity index (χ2v) is 2.95. The fraction of sp³-hybridized carbons (Fsp3) is 1.00. The van der Waals surface area contributed by atoms with Crippen molar-refractivity contribution in [3.8, 4) is 0 Å². The molecule has 0 aromatic heterocycles. The maximum absolute atomic E-state index is 11.4. The Hall–Kier alpha value is 0.570. The number of rotatable bonds is 5. The fourth-order valence-electron chi connectivity index (χ4n) is 0.313. The Morgan fingerprint density at radius 1 is 1.38 bits per heavy atom. The van der Waals surface area contributed by atoms with Crippen LogP contribution < -0.4 is 0 Å². The molecule has 0 aliphatic rings. The summed E-state index contributed by atoms with van der Waals surface area (Å²) in [6.45, 7) is -0.199. The van der Waals surface area contributed by atoms with Crippen LogP contribution in [-0.4, -0.2) is 24.1 Å². The summed E-state index contributed by atoms with van der Waals surface area (Å²) in [5, 5.41) is 0. The summed E-state index contributed by atoms with van der Waals surface area (Å²) in [6.07, 6.45) is 0.668. The van der Waals surface area contributed by atoms with E-state index < -0.39 is 0 Å². The molecule has 50 valence electrons. The number of thioether (sulfide) groups is 1. The van der Waals surface area contributed by atoms with Gasteiger partial charge in [0.1, 0.15) is 0 Å². The van der Waals surface area contributed by atoms with E-state index in [1.54, 1.807) is 11.8 Å². The molecule has 0 aliphatic heterocycles. The molecule has 0 bridgehead atoms. The van der Waals surface area contributed by atoms with Gasteiger partial charge in [0, 0.05) is 11.6 Å². The zero-order valence-corrected chi connectivity index (χ0v) is 6.27. The van der Waals surface area contributed by atoms with Crippen molar-refractivity contribution >= 4 is 23.4 Å². The SMILES string of the molecule is FCCCSCCCl. The van der Waals surface area contributed by atoms with E-state index in [0.717, 1.165) is 11.5 Å². The summed E-state index contributed by atoms with van der Waals surface area (Å²) < 4.78 is 11.4. The Kier molecular flexibility index (Phi) is 8.11. The van der Waals surface area contributed by atoms with Gasteiger partial charge < -0.3 is 0 Å².